The van der Waals surface area contributed by atoms with Gasteiger partial charge in [0.15, 0.2) is 11.3 Å². The quantitative estimate of drug-likeness (QED) is 0.342. The molecule has 1 heterocycles. The molecule has 0 spiro atoms. The van der Waals surface area contributed by atoms with E-state index in [1.807, 2.05) is 26.0 Å². The fraction of sp³-hybridized carbons (Fsp3) is 0.200. The van der Waals surface area contributed by atoms with Crippen LogP contribution >= 0.6 is 0 Å². The Morgan fingerprint density at radius 2 is 2.08 bits per heavy atom. The Labute approximate surface area is 151 Å². The van der Waals surface area contributed by atoms with E-state index in [2.05, 4.69) is 5.32 Å². The van der Waals surface area contributed by atoms with Gasteiger partial charge >= 0.3 is 0 Å². The first-order valence-electron chi connectivity index (χ1n) is 8.34. The van der Waals surface area contributed by atoms with Gasteiger partial charge in [-0.25, -0.2) is 0 Å². The maximum atomic E-state index is 11.7. The van der Waals surface area contributed by atoms with Gasteiger partial charge < -0.3 is 25.0 Å². The Bertz CT molecular complexity index is 945. The summed E-state index contributed by atoms with van der Waals surface area (Å²) in [6.45, 7) is 4.36. The number of hydrogen-bond donors (Lipinski definition) is 3. The average Bonchev–Trinajstić information content (AvgIpc) is 3.01. The second-order valence-electron chi connectivity index (χ2n) is 6.00. The van der Waals surface area contributed by atoms with Gasteiger partial charge in [0.1, 0.15) is 18.2 Å². The molecule has 0 saturated carbocycles. The lowest BCUT2D eigenvalue weighted by Gasteiger charge is -2.16. The lowest BCUT2D eigenvalue weighted by atomic mass is 10.0. The maximum Gasteiger partial charge on any atom is 0.175 e. The summed E-state index contributed by atoms with van der Waals surface area (Å²) in [5, 5.41) is 11.6. The van der Waals surface area contributed by atoms with E-state index in [0.717, 1.165) is 28.5 Å². The van der Waals surface area contributed by atoms with Gasteiger partial charge in [0, 0.05) is 16.6 Å². The monoisotopic (exact) mass is 351 g/mol. The predicted octanol–water partition coefficient (Wildman–Crippen LogP) is 3.78. The van der Waals surface area contributed by atoms with Crippen molar-refractivity contribution in [2.45, 2.75) is 19.9 Å². The van der Waals surface area contributed by atoms with Gasteiger partial charge in [-0.1, -0.05) is 0 Å². The molecule has 1 unspecified atom stereocenters. The Morgan fingerprint density at radius 1 is 1.35 bits per heavy atom. The standard InChI is InChI=1S/C20H21N3O3/c1-3-25-18-9-14(8-16-12(2)11-26-19(16)18)17(10-24)23-15-6-4-13(5-7-15)20(21)22/h4-11,17,23H,3H2,1-2H3,(H3,21,22). The van der Waals surface area contributed by atoms with Gasteiger partial charge in [0.25, 0.3) is 0 Å². The van der Waals surface area contributed by atoms with Gasteiger partial charge in [-0.2, -0.15) is 0 Å². The highest BCUT2D eigenvalue weighted by molar-refractivity contribution is 5.95. The van der Waals surface area contributed by atoms with Crippen molar-refractivity contribution in [3.05, 3.63) is 59.4 Å². The molecule has 0 aliphatic carbocycles. The van der Waals surface area contributed by atoms with Crippen molar-refractivity contribution in [3.63, 3.8) is 0 Å². The molecule has 0 radical (unpaired) electrons. The van der Waals surface area contributed by atoms with Crippen LogP contribution in [0.2, 0.25) is 0 Å². The fourth-order valence-corrected chi connectivity index (χ4v) is 2.81. The molecule has 1 atom stereocenters. The first-order chi connectivity index (χ1) is 12.5. The first kappa shape index (κ1) is 17.5. The molecule has 3 aromatic rings. The minimum absolute atomic E-state index is 0.00530. The van der Waals surface area contributed by atoms with E-state index in [9.17, 15) is 4.79 Å². The summed E-state index contributed by atoms with van der Waals surface area (Å²) in [5.41, 5.74) is 9.31. The number of hydrogen-bond acceptors (Lipinski definition) is 5. The maximum absolute atomic E-state index is 11.7. The molecule has 0 saturated heterocycles. The second kappa shape index (κ2) is 7.31. The van der Waals surface area contributed by atoms with Crippen molar-refractivity contribution in [1.29, 1.82) is 5.41 Å². The van der Waals surface area contributed by atoms with E-state index in [-0.39, 0.29) is 5.84 Å². The summed E-state index contributed by atoms with van der Waals surface area (Å²) in [6, 6.07) is 10.3. The lowest BCUT2D eigenvalue weighted by molar-refractivity contribution is -0.108. The van der Waals surface area contributed by atoms with E-state index in [4.69, 9.17) is 20.3 Å². The molecule has 0 fully saturated rings. The molecule has 6 nitrogen and oxygen atoms in total. The lowest BCUT2D eigenvalue weighted by Crippen LogP contribution is -2.13. The number of nitrogens with one attached hydrogen (secondary N) is 2. The molecule has 0 aliphatic rings. The molecule has 0 amide bonds. The number of aryl methyl sites for hydroxylation is 1. The van der Waals surface area contributed by atoms with Gasteiger partial charge in [0.05, 0.1) is 12.9 Å². The van der Waals surface area contributed by atoms with Crippen LogP contribution in [0.4, 0.5) is 5.69 Å². The number of carbonyl (C=O) groups is 1. The van der Waals surface area contributed by atoms with Crippen LogP contribution in [0.3, 0.4) is 0 Å². The number of rotatable bonds is 7. The van der Waals surface area contributed by atoms with Crippen LogP contribution in [0.15, 0.2) is 47.1 Å². The third kappa shape index (κ3) is 3.39. The van der Waals surface area contributed by atoms with Crippen LogP contribution in [0.25, 0.3) is 11.0 Å². The molecule has 0 bridgehead atoms. The number of furan rings is 1. The van der Waals surface area contributed by atoms with Crippen molar-refractivity contribution in [2.24, 2.45) is 5.73 Å². The SMILES string of the molecule is CCOc1cc(C(C=O)Nc2ccc(C(=N)N)cc2)cc2c(C)coc12. The number of anilines is 1. The van der Waals surface area contributed by atoms with Gasteiger partial charge in [-0.05, 0) is 61.4 Å². The average molecular weight is 351 g/mol. The largest absolute Gasteiger partial charge is 0.490 e. The minimum atomic E-state index is -0.545. The second-order valence-corrected chi connectivity index (χ2v) is 6.00. The zero-order chi connectivity index (χ0) is 18.7. The van der Waals surface area contributed by atoms with E-state index in [0.29, 0.717) is 23.5 Å². The zero-order valence-corrected chi connectivity index (χ0v) is 14.7. The van der Waals surface area contributed by atoms with E-state index in [1.54, 1.807) is 30.5 Å². The smallest absolute Gasteiger partial charge is 0.175 e. The Morgan fingerprint density at radius 3 is 2.69 bits per heavy atom. The van der Waals surface area contributed by atoms with Gasteiger partial charge in [-0.15, -0.1) is 0 Å². The van der Waals surface area contributed by atoms with Crippen molar-refractivity contribution in [1.82, 2.24) is 0 Å². The zero-order valence-electron chi connectivity index (χ0n) is 14.7. The summed E-state index contributed by atoms with van der Waals surface area (Å²) in [5.74, 6) is 0.624. The summed E-state index contributed by atoms with van der Waals surface area (Å²) >= 11 is 0. The molecule has 26 heavy (non-hydrogen) atoms. The minimum Gasteiger partial charge on any atom is -0.490 e. The highest BCUT2D eigenvalue weighted by Crippen LogP contribution is 2.34. The normalized spacial score (nSPS) is 11.9. The number of fused-ring (bicyclic) bond motifs is 1. The number of nitrogen functional groups attached to an aromatic ring is 1. The van der Waals surface area contributed by atoms with Crippen molar-refractivity contribution >= 4 is 28.8 Å². The predicted molar refractivity (Wildman–Crippen MR) is 102 cm³/mol. The molecular formula is C20H21N3O3. The third-order valence-corrected chi connectivity index (χ3v) is 4.17. The van der Waals surface area contributed by atoms with Crippen LogP contribution in [0.1, 0.15) is 29.7 Å². The molecule has 0 aliphatic heterocycles. The van der Waals surface area contributed by atoms with E-state index < -0.39 is 6.04 Å². The number of carbonyl (C=O) groups excluding carboxylic acids is 1. The Hall–Kier alpha value is -3.28. The first-order valence-corrected chi connectivity index (χ1v) is 8.34. The third-order valence-electron chi connectivity index (χ3n) is 4.17. The summed E-state index contributed by atoms with van der Waals surface area (Å²) in [6.07, 6.45) is 2.53. The van der Waals surface area contributed by atoms with Crippen LogP contribution in [0, 0.1) is 12.3 Å². The highest BCUT2D eigenvalue weighted by Gasteiger charge is 2.17. The van der Waals surface area contributed by atoms with Crippen LogP contribution in [0.5, 0.6) is 5.75 Å². The number of benzene rings is 2. The van der Waals surface area contributed by atoms with Crippen LogP contribution < -0.4 is 15.8 Å². The molecule has 2 aromatic carbocycles. The van der Waals surface area contributed by atoms with Crippen molar-refractivity contribution < 1.29 is 13.9 Å². The number of nitrogens with two attached hydrogens (primary N) is 1. The number of aldehydes is 1. The number of amidine groups is 1. The summed E-state index contributed by atoms with van der Waals surface area (Å²) < 4.78 is 11.3. The molecule has 3 rings (SSSR count). The molecule has 6 heteroatoms. The summed E-state index contributed by atoms with van der Waals surface area (Å²) in [7, 11) is 0. The molecule has 4 N–H and O–H groups in total. The number of ether oxygens (including phenoxy) is 1. The van der Waals surface area contributed by atoms with E-state index >= 15 is 0 Å². The van der Waals surface area contributed by atoms with Gasteiger partial charge in [-0.3, -0.25) is 5.41 Å². The van der Waals surface area contributed by atoms with Crippen molar-refractivity contribution in [2.75, 3.05) is 11.9 Å². The molecular weight excluding hydrogens is 330 g/mol. The topological polar surface area (TPSA) is 101 Å². The van der Waals surface area contributed by atoms with Crippen LogP contribution in [-0.2, 0) is 4.79 Å². The fourth-order valence-electron chi connectivity index (χ4n) is 2.81. The van der Waals surface area contributed by atoms with Crippen molar-refractivity contribution in [3.8, 4) is 5.75 Å². The Kier molecular flexibility index (Phi) is 4.93. The van der Waals surface area contributed by atoms with Gasteiger partial charge in [0.2, 0.25) is 0 Å². The molecule has 1 aromatic heterocycles. The van der Waals surface area contributed by atoms with Crippen LogP contribution in [-0.4, -0.2) is 18.7 Å². The Balaban J connectivity index is 1.95. The highest BCUT2D eigenvalue weighted by atomic mass is 16.5. The summed E-state index contributed by atoms with van der Waals surface area (Å²) in [4.78, 5) is 11.7. The molecule has 134 valence electrons. The van der Waals surface area contributed by atoms with E-state index in [1.165, 1.54) is 0 Å².